The normalized spacial score (nSPS) is 18.4. The van der Waals surface area contributed by atoms with Gasteiger partial charge in [0.15, 0.2) is 0 Å². The Bertz CT molecular complexity index is 279. The van der Waals surface area contributed by atoms with Gasteiger partial charge in [-0.25, -0.2) is 0 Å². The molecular weight excluding hydrogens is 240 g/mol. The fourth-order valence-corrected chi connectivity index (χ4v) is 2.37. The number of rotatable bonds is 10. The first-order valence-corrected chi connectivity index (χ1v) is 7.70. The fourth-order valence-electron chi connectivity index (χ4n) is 2.37. The Morgan fingerprint density at radius 3 is 2.53 bits per heavy atom. The lowest BCUT2D eigenvalue weighted by molar-refractivity contribution is -0.151. The number of carbonyl (C=O) groups is 1. The topological polar surface area (TPSA) is 41.6 Å². The minimum atomic E-state index is -0.554. The van der Waals surface area contributed by atoms with Crippen LogP contribution in [-0.4, -0.2) is 49.2 Å². The van der Waals surface area contributed by atoms with Gasteiger partial charge in [0, 0.05) is 13.1 Å². The van der Waals surface area contributed by atoms with Gasteiger partial charge in [0.05, 0.1) is 6.61 Å². The molecule has 1 unspecified atom stereocenters. The van der Waals surface area contributed by atoms with E-state index in [0.717, 1.165) is 32.0 Å². The largest absolute Gasteiger partial charge is 0.465 e. The number of hydrogen-bond acceptors (Lipinski definition) is 4. The summed E-state index contributed by atoms with van der Waals surface area (Å²) in [6.07, 6.45) is 3.55. The molecule has 1 atom stereocenters. The molecule has 0 radical (unpaired) electrons. The van der Waals surface area contributed by atoms with Crippen LogP contribution in [0, 0.1) is 5.92 Å². The molecular formula is C15H30N2O2. The number of carbonyl (C=O) groups excluding carboxylic acids is 1. The minimum Gasteiger partial charge on any atom is -0.465 e. The molecule has 0 spiro atoms. The number of likely N-dealkylation sites (N-methyl/N-ethyl adjacent to an activating group) is 1. The van der Waals surface area contributed by atoms with Gasteiger partial charge in [-0.1, -0.05) is 13.8 Å². The van der Waals surface area contributed by atoms with E-state index in [0.29, 0.717) is 6.61 Å². The van der Waals surface area contributed by atoms with Gasteiger partial charge >= 0.3 is 5.97 Å². The van der Waals surface area contributed by atoms with Crippen LogP contribution in [0.15, 0.2) is 0 Å². The van der Waals surface area contributed by atoms with Crippen LogP contribution in [0.5, 0.6) is 0 Å². The molecule has 19 heavy (non-hydrogen) atoms. The third-order valence-corrected chi connectivity index (χ3v) is 3.88. The summed E-state index contributed by atoms with van der Waals surface area (Å²) in [6.45, 7) is 12.5. The molecule has 0 aromatic heterocycles. The lowest BCUT2D eigenvalue weighted by Gasteiger charge is -2.31. The van der Waals surface area contributed by atoms with Crippen LogP contribution in [0.3, 0.4) is 0 Å². The molecule has 4 nitrogen and oxygen atoms in total. The van der Waals surface area contributed by atoms with E-state index in [1.165, 1.54) is 19.4 Å². The highest BCUT2D eigenvalue weighted by Crippen LogP contribution is 2.29. The van der Waals surface area contributed by atoms with Crippen LogP contribution < -0.4 is 5.32 Å². The Balaban J connectivity index is 2.47. The summed E-state index contributed by atoms with van der Waals surface area (Å²) >= 11 is 0. The van der Waals surface area contributed by atoms with Crippen LogP contribution in [0.2, 0.25) is 0 Å². The van der Waals surface area contributed by atoms with Crippen LogP contribution >= 0.6 is 0 Å². The van der Waals surface area contributed by atoms with Crippen molar-refractivity contribution >= 4 is 5.97 Å². The predicted octanol–water partition coefficient (Wildman–Crippen LogP) is 2.04. The smallest absolute Gasteiger partial charge is 0.326 e. The van der Waals surface area contributed by atoms with Crippen LogP contribution in [0.25, 0.3) is 0 Å². The lowest BCUT2D eigenvalue weighted by Crippen LogP contribution is -2.52. The highest BCUT2D eigenvalue weighted by Gasteiger charge is 2.34. The zero-order chi connectivity index (χ0) is 14.3. The molecule has 112 valence electrons. The summed E-state index contributed by atoms with van der Waals surface area (Å²) in [7, 11) is 0. The van der Waals surface area contributed by atoms with Crippen LogP contribution in [-0.2, 0) is 9.53 Å². The predicted molar refractivity (Wildman–Crippen MR) is 78.2 cm³/mol. The Morgan fingerprint density at radius 1 is 1.37 bits per heavy atom. The van der Waals surface area contributed by atoms with Gasteiger partial charge < -0.3 is 15.0 Å². The van der Waals surface area contributed by atoms with E-state index in [1.807, 2.05) is 20.8 Å². The van der Waals surface area contributed by atoms with Crippen molar-refractivity contribution in [3.05, 3.63) is 0 Å². The van der Waals surface area contributed by atoms with E-state index in [4.69, 9.17) is 4.74 Å². The molecule has 0 bridgehead atoms. The van der Waals surface area contributed by atoms with Crippen molar-refractivity contribution in [1.82, 2.24) is 10.2 Å². The van der Waals surface area contributed by atoms with E-state index in [9.17, 15) is 4.79 Å². The molecule has 1 aliphatic carbocycles. The van der Waals surface area contributed by atoms with E-state index < -0.39 is 5.54 Å². The second-order valence-electron chi connectivity index (χ2n) is 5.67. The van der Waals surface area contributed by atoms with Crippen molar-refractivity contribution in [2.75, 3.05) is 32.8 Å². The third kappa shape index (κ3) is 5.49. The zero-order valence-corrected chi connectivity index (χ0v) is 13.0. The number of nitrogens with one attached hydrogen (secondary N) is 1. The molecule has 0 amide bonds. The molecule has 1 rings (SSSR count). The quantitative estimate of drug-likeness (QED) is 0.617. The summed E-state index contributed by atoms with van der Waals surface area (Å²) in [4.78, 5) is 14.5. The number of esters is 1. The van der Waals surface area contributed by atoms with Crippen LogP contribution in [0.1, 0.15) is 47.0 Å². The third-order valence-electron chi connectivity index (χ3n) is 3.88. The second-order valence-corrected chi connectivity index (χ2v) is 5.67. The molecule has 4 heteroatoms. The van der Waals surface area contributed by atoms with Crippen molar-refractivity contribution < 1.29 is 9.53 Å². The average Bonchev–Trinajstić information content (AvgIpc) is 3.19. The molecule has 0 heterocycles. The Kier molecular flexibility index (Phi) is 6.80. The summed E-state index contributed by atoms with van der Waals surface area (Å²) in [5.74, 6) is 0.771. The van der Waals surface area contributed by atoms with Gasteiger partial charge in [-0.3, -0.25) is 4.79 Å². The van der Waals surface area contributed by atoms with E-state index in [-0.39, 0.29) is 5.97 Å². The molecule has 0 aliphatic heterocycles. The summed E-state index contributed by atoms with van der Waals surface area (Å²) < 4.78 is 5.20. The van der Waals surface area contributed by atoms with Gasteiger partial charge in [0.2, 0.25) is 0 Å². The van der Waals surface area contributed by atoms with Crippen molar-refractivity contribution in [1.29, 1.82) is 0 Å². The van der Waals surface area contributed by atoms with Gasteiger partial charge in [0.1, 0.15) is 5.54 Å². The molecule has 1 aliphatic rings. The van der Waals surface area contributed by atoms with Gasteiger partial charge in [-0.2, -0.15) is 0 Å². The Labute approximate surface area is 117 Å². The van der Waals surface area contributed by atoms with Crippen molar-refractivity contribution in [2.24, 2.45) is 5.92 Å². The summed E-state index contributed by atoms with van der Waals surface area (Å²) in [6, 6.07) is 0. The Morgan fingerprint density at radius 2 is 2.05 bits per heavy atom. The number of nitrogens with zero attached hydrogens (tertiary/aromatic N) is 1. The Hall–Kier alpha value is -0.610. The van der Waals surface area contributed by atoms with Gasteiger partial charge in [0.25, 0.3) is 0 Å². The maximum absolute atomic E-state index is 12.1. The number of hydrogen-bond donors (Lipinski definition) is 1. The SMILES string of the molecule is CCNC(C)(CCN(CC)CC1CC1)C(=O)OCC. The fraction of sp³-hybridized carbons (Fsp3) is 0.933. The monoisotopic (exact) mass is 270 g/mol. The summed E-state index contributed by atoms with van der Waals surface area (Å²) in [5.41, 5.74) is -0.554. The number of ether oxygens (including phenoxy) is 1. The first-order valence-electron chi connectivity index (χ1n) is 7.70. The second kappa shape index (κ2) is 7.85. The highest BCUT2D eigenvalue weighted by molar-refractivity contribution is 5.80. The van der Waals surface area contributed by atoms with E-state index in [1.54, 1.807) is 0 Å². The first kappa shape index (κ1) is 16.4. The molecule has 1 fully saturated rings. The first-order chi connectivity index (χ1) is 9.05. The average molecular weight is 270 g/mol. The van der Waals surface area contributed by atoms with Crippen molar-refractivity contribution in [2.45, 2.75) is 52.5 Å². The molecule has 0 saturated heterocycles. The lowest BCUT2D eigenvalue weighted by atomic mass is 9.97. The van der Waals surface area contributed by atoms with Gasteiger partial charge in [-0.05, 0) is 52.1 Å². The maximum atomic E-state index is 12.1. The van der Waals surface area contributed by atoms with Gasteiger partial charge in [-0.15, -0.1) is 0 Å². The molecule has 0 aromatic carbocycles. The van der Waals surface area contributed by atoms with E-state index >= 15 is 0 Å². The standard InChI is InChI=1S/C15H30N2O2/c1-5-16-15(4,14(18)19-7-3)10-11-17(6-2)12-13-8-9-13/h13,16H,5-12H2,1-4H3. The van der Waals surface area contributed by atoms with Crippen molar-refractivity contribution in [3.63, 3.8) is 0 Å². The molecule has 1 N–H and O–H groups in total. The highest BCUT2D eigenvalue weighted by atomic mass is 16.5. The molecule has 1 saturated carbocycles. The van der Waals surface area contributed by atoms with Crippen LogP contribution in [0.4, 0.5) is 0 Å². The summed E-state index contributed by atoms with van der Waals surface area (Å²) in [5, 5.41) is 3.29. The zero-order valence-electron chi connectivity index (χ0n) is 13.0. The maximum Gasteiger partial charge on any atom is 0.326 e. The van der Waals surface area contributed by atoms with E-state index in [2.05, 4.69) is 17.1 Å². The molecule has 0 aromatic rings. The van der Waals surface area contributed by atoms with Crippen molar-refractivity contribution in [3.8, 4) is 0 Å². The minimum absolute atomic E-state index is 0.126.